The van der Waals surface area contributed by atoms with Gasteiger partial charge in [0.15, 0.2) is 0 Å². The van der Waals surface area contributed by atoms with Gasteiger partial charge in [0, 0.05) is 44.2 Å². The Labute approximate surface area is 134 Å². The minimum absolute atomic E-state index is 0.0595. The monoisotopic (exact) mass is 309 g/mol. The first-order chi connectivity index (χ1) is 10.7. The molecule has 5 heteroatoms. The first-order valence-corrected chi connectivity index (χ1v) is 9.07. The van der Waals surface area contributed by atoms with E-state index in [-0.39, 0.29) is 24.6 Å². The highest BCUT2D eigenvalue weighted by molar-refractivity contribution is 5.74. The van der Waals surface area contributed by atoms with Crippen LogP contribution in [0, 0.1) is 11.8 Å². The Hall–Kier alpha value is -0.810. The van der Waals surface area contributed by atoms with E-state index in [0.717, 1.165) is 25.6 Å². The van der Waals surface area contributed by atoms with E-state index >= 15 is 0 Å². The number of nitrogens with one attached hydrogen (secondary N) is 1. The zero-order valence-corrected chi connectivity index (χ0v) is 13.8. The van der Waals surface area contributed by atoms with Crippen LogP contribution in [0.25, 0.3) is 0 Å². The molecule has 1 aliphatic carbocycles. The van der Waals surface area contributed by atoms with Crippen molar-refractivity contribution in [3.63, 3.8) is 0 Å². The van der Waals surface area contributed by atoms with Gasteiger partial charge >= 0.3 is 6.03 Å². The van der Waals surface area contributed by atoms with Crippen molar-refractivity contribution < 1.29 is 9.90 Å². The van der Waals surface area contributed by atoms with Gasteiger partial charge in [0.1, 0.15) is 0 Å². The van der Waals surface area contributed by atoms with Crippen LogP contribution >= 0.6 is 0 Å². The summed E-state index contributed by atoms with van der Waals surface area (Å²) >= 11 is 0. The number of carbonyl (C=O) groups excluding carboxylic acids is 1. The average molecular weight is 309 g/mol. The third kappa shape index (κ3) is 3.57. The van der Waals surface area contributed by atoms with Gasteiger partial charge in [0.2, 0.25) is 0 Å². The molecule has 0 aromatic heterocycles. The summed E-state index contributed by atoms with van der Waals surface area (Å²) in [5, 5.41) is 12.4. The Balaban J connectivity index is 1.46. The minimum atomic E-state index is 0.0595. The summed E-state index contributed by atoms with van der Waals surface area (Å²) in [4.78, 5) is 16.9. The van der Waals surface area contributed by atoms with Crippen molar-refractivity contribution in [2.75, 3.05) is 32.8 Å². The zero-order chi connectivity index (χ0) is 15.5. The summed E-state index contributed by atoms with van der Waals surface area (Å²) in [6, 6.07) is 1.11. The molecule has 0 aromatic carbocycles. The molecule has 22 heavy (non-hydrogen) atoms. The normalized spacial score (nSPS) is 31.8. The molecule has 3 atom stereocenters. The third-order valence-electron chi connectivity index (χ3n) is 5.97. The van der Waals surface area contributed by atoms with Crippen LogP contribution in [-0.4, -0.2) is 65.8 Å². The molecule has 2 heterocycles. The number of rotatable bonds is 4. The van der Waals surface area contributed by atoms with Gasteiger partial charge in [-0.2, -0.15) is 0 Å². The Morgan fingerprint density at radius 3 is 2.64 bits per heavy atom. The van der Waals surface area contributed by atoms with E-state index in [1.807, 2.05) is 4.90 Å². The van der Waals surface area contributed by atoms with Crippen molar-refractivity contribution in [1.82, 2.24) is 15.1 Å². The smallest absolute Gasteiger partial charge is 0.317 e. The predicted molar refractivity (Wildman–Crippen MR) is 86.7 cm³/mol. The topological polar surface area (TPSA) is 55.8 Å². The molecule has 2 saturated heterocycles. The summed E-state index contributed by atoms with van der Waals surface area (Å²) in [6.45, 7) is 6.22. The first kappa shape index (κ1) is 16.1. The fourth-order valence-electron chi connectivity index (χ4n) is 4.10. The molecule has 3 unspecified atom stereocenters. The molecule has 3 fully saturated rings. The maximum atomic E-state index is 12.4. The molecular weight excluding hydrogens is 278 g/mol. The molecule has 1 saturated carbocycles. The minimum Gasteiger partial charge on any atom is -0.396 e. The van der Waals surface area contributed by atoms with Crippen LogP contribution in [0.3, 0.4) is 0 Å². The molecule has 3 aliphatic rings. The number of hydrogen-bond donors (Lipinski definition) is 2. The molecule has 2 N–H and O–H groups in total. The Morgan fingerprint density at radius 1 is 1.18 bits per heavy atom. The predicted octanol–water partition coefficient (Wildman–Crippen LogP) is 1.66. The quantitative estimate of drug-likeness (QED) is 0.830. The molecule has 3 rings (SSSR count). The van der Waals surface area contributed by atoms with Gasteiger partial charge in [-0.15, -0.1) is 0 Å². The van der Waals surface area contributed by atoms with Crippen LogP contribution < -0.4 is 5.32 Å². The number of hydrogen-bond acceptors (Lipinski definition) is 3. The van der Waals surface area contributed by atoms with Crippen molar-refractivity contribution in [2.24, 2.45) is 11.8 Å². The van der Waals surface area contributed by atoms with E-state index < -0.39 is 0 Å². The molecule has 0 aromatic rings. The lowest BCUT2D eigenvalue weighted by atomic mass is 9.86. The molecule has 2 amide bonds. The Morgan fingerprint density at radius 2 is 2.00 bits per heavy atom. The highest BCUT2D eigenvalue weighted by atomic mass is 16.3. The molecule has 0 spiro atoms. The maximum absolute atomic E-state index is 12.4. The van der Waals surface area contributed by atoms with Gasteiger partial charge in [-0.3, -0.25) is 0 Å². The fraction of sp³-hybridized carbons (Fsp3) is 0.941. The third-order valence-corrected chi connectivity index (χ3v) is 5.97. The van der Waals surface area contributed by atoms with E-state index in [4.69, 9.17) is 0 Å². The molecule has 5 nitrogen and oxygen atoms in total. The van der Waals surface area contributed by atoms with E-state index in [9.17, 15) is 9.90 Å². The molecule has 2 aliphatic heterocycles. The second-order valence-electron chi connectivity index (χ2n) is 7.50. The van der Waals surface area contributed by atoms with Crippen molar-refractivity contribution in [3.05, 3.63) is 0 Å². The summed E-state index contributed by atoms with van der Waals surface area (Å²) in [6.07, 6.45) is 7.53. The lowest BCUT2D eigenvalue weighted by Crippen LogP contribution is -2.52. The van der Waals surface area contributed by atoms with Gasteiger partial charge in [0.05, 0.1) is 0 Å². The number of aliphatic hydroxyl groups excluding tert-OH is 1. The molecule has 0 bridgehead atoms. The second-order valence-corrected chi connectivity index (χ2v) is 7.50. The largest absolute Gasteiger partial charge is 0.396 e. The second kappa shape index (κ2) is 7.18. The molecular formula is C17H31N3O2. The molecule has 0 radical (unpaired) electrons. The highest BCUT2D eigenvalue weighted by Crippen LogP contribution is 2.30. The number of carbonyl (C=O) groups is 1. The van der Waals surface area contributed by atoms with Crippen molar-refractivity contribution in [3.8, 4) is 0 Å². The van der Waals surface area contributed by atoms with Crippen molar-refractivity contribution in [2.45, 2.75) is 57.5 Å². The van der Waals surface area contributed by atoms with Gasteiger partial charge in [-0.25, -0.2) is 4.79 Å². The van der Waals surface area contributed by atoms with Crippen molar-refractivity contribution >= 4 is 6.03 Å². The summed E-state index contributed by atoms with van der Waals surface area (Å²) < 4.78 is 0. The highest BCUT2D eigenvalue weighted by Gasteiger charge is 2.33. The van der Waals surface area contributed by atoms with Crippen LogP contribution in [0.15, 0.2) is 0 Å². The number of likely N-dealkylation sites (tertiary alicyclic amines) is 2. The fourth-order valence-corrected chi connectivity index (χ4v) is 4.10. The Kier molecular flexibility index (Phi) is 5.24. The van der Waals surface area contributed by atoms with E-state index in [0.29, 0.717) is 12.5 Å². The van der Waals surface area contributed by atoms with Crippen LogP contribution in [0.5, 0.6) is 0 Å². The number of nitrogens with zero attached hydrogens (tertiary/aromatic N) is 2. The van der Waals surface area contributed by atoms with Gasteiger partial charge < -0.3 is 20.2 Å². The maximum Gasteiger partial charge on any atom is 0.317 e. The first-order valence-electron chi connectivity index (χ1n) is 9.07. The van der Waals surface area contributed by atoms with Gasteiger partial charge in [-0.1, -0.05) is 6.42 Å². The molecule has 126 valence electrons. The number of urea groups is 1. The zero-order valence-electron chi connectivity index (χ0n) is 13.8. The average Bonchev–Trinajstić information content (AvgIpc) is 2.95. The van der Waals surface area contributed by atoms with Crippen LogP contribution in [0.4, 0.5) is 4.79 Å². The number of piperidine rings is 1. The van der Waals surface area contributed by atoms with Crippen LogP contribution in [0.2, 0.25) is 0 Å². The van der Waals surface area contributed by atoms with Gasteiger partial charge in [-0.05, 0) is 51.5 Å². The van der Waals surface area contributed by atoms with E-state index in [2.05, 4.69) is 17.1 Å². The van der Waals surface area contributed by atoms with Crippen LogP contribution in [0.1, 0.15) is 45.4 Å². The van der Waals surface area contributed by atoms with E-state index in [1.54, 1.807) is 0 Å². The summed E-state index contributed by atoms with van der Waals surface area (Å²) in [5.74, 6) is 0.847. The summed E-state index contributed by atoms with van der Waals surface area (Å²) in [5.41, 5.74) is 0. The Bertz CT molecular complexity index is 386. The van der Waals surface area contributed by atoms with E-state index in [1.165, 1.54) is 38.6 Å². The lowest BCUT2D eigenvalue weighted by molar-refractivity contribution is 0.0671. The van der Waals surface area contributed by atoms with Gasteiger partial charge in [0.25, 0.3) is 0 Å². The number of amides is 2. The lowest BCUT2D eigenvalue weighted by Gasteiger charge is -2.44. The SMILES string of the molecule is CC(NC(=O)N1CCC(CO)C1)C1CCCN(C2CCC2)C1. The van der Waals surface area contributed by atoms with Crippen LogP contribution in [-0.2, 0) is 0 Å². The standard InChI is InChI=1S/C17H31N3O2/c1-13(18-17(22)20-9-7-14(10-20)12-21)15-4-3-8-19(11-15)16-5-2-6-16/h13-16,21H,2-12H2,1H3,(H,18,22). The van der Waals surface area contributed by atoms with Crippen molar-refractivity contribution in [1.29, 1.82) is 0 Å². The number of aliphatic hydroxyl groups is 1. The summed E-state index contributed by atoms with van der Waals surface area (Å²) in [7, 11) is 0.